The highest BCUT2D eigenvalue weighted by molar-refractivity contribution is 9.09. The third-order valence-corrected chi connectivity index (χ3v) is 0.860. The van der Waals surface area contributed by atoms with Crippen molar-refractivity contribution in [3.8, 4) is 0 Å². The number of amides is 1. The van der Waals surface area contributed by atoms with Crippen molar-refractivity contribution in [1.29, 1.82) is 0 Å². The standard InChI is InChI=1S/C3H5BrFNO/c1-6-3(7)2(4)5/h2H,1H3,(H,6,7)/t2-/m1/s1. The predicted octanol–water partition coefficient (Wildman–Crippen LogP) is 0.423. The Morgan fingerprint density at radius 2 is 2.43 bits per heavy atom. The summed E-state index contributed by atoms with van der Waals surface area (Å²) in [5.41, 5.74) is 0. The Hall–Kier alpha value is -0.120. The number of hydrogen-bond donors (Lipinski definition) is 1. The fraction of sp³-hybridized carbons (Fsp3) is 0.667. The Morgan fingerprint density at radius 3 is 2.43 bits per heavy atom. The number of alkyl halides is 2. The van der Waals surface area contributed by atoms with E-state index < -0.39 is 11.0 Å². The monoisotopic (exact) mass is 169 g/mol. The van der Waals surface area contributed by atoms with Crippen LogP contribution >= 0.6 is 15.9 Å². The summed E-state index contributed by atoms with van der Waals surface area (Å²) >= 11 is 2.42. The molecule has 2 nitrogen and oxygen atoms in total. The fourth-order valence-electron chi connectivity index (χ4n) is 0.109. The van der Waals surface area contributed by atoms with Gasteiger partial charge in [-0.05, 0) is 15.9 Å². The minimum Gasteiger partial charge on any atom is -0.356 e. The maximum atomic E-state index is 11.6. The highest BCUT2D eigenvalue weighted by Gasteiger charge is 2.07. The van der Waals surface area contributed by atoms with Gasteiger partial charge in [0, 0.05) is 7.05 Å². The summed E-state index contributed by atoms with van der Waals surface area (Å²) in [5.74, 6) is -0.653. The molecule has 1 amide bonds. The zero-order valence-corrected chi connectivity index (χ0v) is 5.33. The average molecular weight is 170 g/mol. The smallest absolute Gasteiger partial charge is 0.265 e. The van der Waals surface area contributed by atoms with Crippen molar-refractivity contribution in [2.45, 2.75) is 5.08 Å². The van der Waals surface area contributed by atoms with Crippen LogP contribution in [0.15, 0.2) is 0 Å². The van der Waals surface area contributed by atoms with Crippen LogP contribution in [0.1, 0.15) is 0 Å². The summed E-state index contributed by atoms with van der Waals surface area (Å²) in [5, 5.41) is 0.532. The Labute approximate surface area is 49.2 Å². The van der Waals surface area contributed by atoms with E-state index in [0.29, 0.717) is 0 Å². The molecule has 0 fully saturated rings. The SMILES string of the molecule is CNC(=O)[C@@H](F)Br. The van der Waals surface area contributed by atoms with Crippen molar-refractivity contribution >= 4 is 21.8 Å². The normalized spacial score (nSPS) is 13.0. The molecular formula is C3H5BrFNO. The van der Waals surface area contributed by atoms with Crippen LogP contribution in [0.3, 0.4) is 0 Å². The van der Waals surface area contributed by atoms with E-state index in [1.54, 1.807) is 0 Å². The van der Waals surface area contributed by atoms with Crippen LogP contribution in [0.25, 0.3) is 0 Å². The molecule has 0 radical (unpaired) electrons. The molecule has 1 atom stereocenters. The van der Waals surface area contributed by atoms with Crippen LogP contribution < -0.4 is 5.32 Å². The van der Waals surface area contributed by atoms with Crippen molar-refractivity contribution in [1.82, 2.24) is 5.32 Å². The molecule has 0 saturated carbocycles. The minimum atomic E-state index is -1.57. The summed E-state index contributed by atoms with van der Waals surface area (Å²) in [6.07, 6.45) is 0. The summed E-state index contributed by atoms with van der Waals surface area (Å²) in [6, 6.07) is 0. The Kier molecular flexibility index (Phi) is 2.91. The molecule has 0 aromatic rings. The Bertz CT molecular complexity index is 75.3. The summed E-state index contributed by atoms with van der Waals surface area (Å²) in [4.78, 5) is 9.98. The lowest BCUT2D eigenvalue weighted by Gasteiger charge is -1.93. The Morgan fingerprint density at radius 1 is 2.00 bits per heavy atom. The van der Waals surface area contributed by atoms with Crippen LogP contribution in [-0.2, 0) is 4.79 Å². The van der Waals surface area contributed by atoms with Gasteiger partial charge < -0.3 is 5.32 Å². The lowest BCUT2D eigenvalue weighted by atomic mass is 10.7. The van der Waals surface area contributed by atoms with Crippen LogP contribution in [-0.4, -0.2) is 18.0 Å². The second-order valence-electron chi connectivity index (χ2n) is 0.915. The highest BCUT2D eigenvalue weighted by atomic mass is 79.9. The van der Waals surface area contributed by atoms with Gasteiger partial charge in [-0.25, -0.2) is 4.39 Å². The van der Waals surface area contributed by atoms with E-state index in [4.69, 9.17) is 0 Å². The van der Waals surface area contributed by atoms with Gasteiger partial charge in [-0.15, -0.1) is 0 Å². The number of nitrogens with one attached hydrogen (secondary N) is 1. The van der Waals surface area contributed by atoms with Crippen LogP contribution in [0.4, 0.5) is 4.39 Å². The van der Waals surface area contributed by atoms with E-state index in [0.717, 1.165) is 0 Å². The number of hydrogen-bond acceptors (Lipinski definition) is 1. The third-order valence-electron chi connectivity index (χ3n) is 0.445. The number of carbonyl (C=O) groups is 1. The molecule has 7 heavy (non-hydrogen) atoms. The quantitative estimate of drug-likeness (QED) is 0.567. The van der Waals surface area contributed by atoms with Crippen molar-refractivity contribution < 1.29 is 9.18 Å². The number of halogens is 2. The first kappa shape index (κ1) is 6.88. The molecule has 0 unspecified atom stereocenters. The molecule has 4 heteroatoms. The third kappa shape index (κ3) is 2.56. The molecule has 0 aromatic heterocycles. The molecule has 0 spiro atoms. The topological polar surface area (TPSA) is 29.1 Å². The summed E-state index contributed by atoms with van der Waals surface area (Å²) in [7, 11) is 1.37. The Balaban J connectivity index is 3.35. The first-order chi connectivity index (χ1) is 3.18. The molecule has 1 N–H and O–H groups in total. The van der Waals surface area contributed by atoms with Gasteiger partial charge in [-0.1, -0.05) is 0 Å². The van der Waals surface area contributed by atoms with Gasteiger partial charge >= 0.3 is 0 Å². The van der Waals surface area contributed by atoms with Crippen molar-refractivity contribution in [3.05, 3.63) is 0 Å². The maximum Gasteiger partial charge on any atom is 0.265 e. The van der Waals surface area contributed by atoms with Crippen LogP contribution in [0.5, 0.6) is 0 Å². The zero-order chi connectivity index (χ0) is 5.86. The molecule has 0 aromatic carbocycles. The largest absolute Gasteiger partial charge is 0.356 e. The average Bonchev–Trinajstić information content (AvgIpc) is 1.65. The van der Waals surface area contributed by atoms with E-state index in [-0.39, 0.29) is 0 Å². The molecule has 42 valence electrons. The van der Waals surface area contributed by atoms with Crippen LogP contribution in [0, 0.1) is 0 Å². The van der Waals surface area contributed by atoms with E-state index in [1.807, 2.05) is 0 Å². The first-order valence-corrected chi connectivity index (χ1v) is 2.59. The zero-order valence-electron chi connectivity index (χ0n) is 3.74. The first-order valence-electron chi connectivity index (χ1n) is 1.68. The number of rotatable bonds is 1. The van der Waals surface area contributed by atoms with Gasteiger partial charge in [0.15, 0.2) is 0 Å². The molecule has 0 aliphatic carbocycles. The van der Waals surface area contributed by atoms with E-state index in [1.165, 1.54) is 7.05 Å². The van der Waals surface area contributed by atoms with Crippen molar-refractivity contribution in [2.75, 3.05) is 7.05 Å². The summed E-state index contributed by atoms with van der Waals surface area (Å²) in [6.45, 7) is 0. The van der Waals surface area contributed by atoms with Gasteiger partial charge in [-0.3, -0.25) is 4.79 Å². The van der Waals surface area contributed by atoms with Gasteiger partial charge in [0.1, 0.15) is 0 Å². The number of carbonyl (C=O) groups excluding carboxylic acids is 1. The fourth-order valence-corrected chi connectivity index (χ4v) is 0.338. The lowest BCUT2D eigenvalue weighted by molar-refractivity contribution is -0.122. The van der Waals surface area contributed by atoms with Gasteiger partial charge in [-0.2, -0.15) is 0 Å². The van der Waals surface area contributed by atoms with E-state index >= 15 is 0 Å². The minimum absolute atomic E-state index is 0.653. The molecular weight excluding hydrogens is 165 g/mol. The molecule has 0 aliphatic rings. The van der Waals surface area contributed by atoms with Crippen molar-refractivity contribution in [3.63, 3.8) is 0 Å². The molecule has 0 heterocycles. The second-order valence-corrected chi connectivity index (χ2v) is 1.72. The lowest BCUT2D eigenvalue weighted by Crippen LogP contribution is -2.24. The summed E-state index contributed by atoms with van der Waals surface area (Å²) < 4.78 is 11.6. The highest BCUT2D eigenvalue weighted by Crippen LogP contribution is 1.97. The van der Waals surface area contributed by atoms with Gasteiger partial charge in [0.05, 0.1) is 0 Å². The maximum absolute atomic E-state index is 11.6. The molecule has 0 saturated heterocycles. The van der Waals surface area contributed by atoms with Gasteiger partial charge in [0.2, 0.25) is 5.08 Å². The van der Waals surface area contributed by atoms with E-state index in [9.17, 15) is 9.18 Å². The second kappa shape index (κ2) is 2.96. The predicted molar refractivity (Wildman–Crippen MR) is 27.9 cm³/mol. The van der Waals surface area contributed by atoms with E-state index in [2.05, 4.69) is 21.2 Å². The molecule has 0 aliphatic heterocycles. The van der Waals surface area contributed by atoms with Crippen LogP contribution in [0.2, 0.25) is 0 Å². The molecule has 0 rings (SSSR count). The molecule has 0 bridgehead atoms. The van der Waals surface area contributed by atoms with Gasteiger partial charge in [0.25, 0.3) is 5.91 Å². The van der Waals surface area contributed by atoms with Crippen molar-refractivity contribution in [2.24, 2.45) is 0 Å².